The number of nitrogens with one attached hydrogen (secondary N) is 2. The highest BCUT2D eigenvalue weighted by Gasteiger charge is 2.32. The summed E-state index contributed by atoms with van der Waals surface area (Å²) in [6, 6.07) is 13.6. The molecule has 1 aliphatic rings. The molecule has 2 aromatic rings. The molecule has 5 nitrogen and oxygen atoms in total. The Labute approximate surface area is 157 Å². The lowest BCUT2D eigenvalue weighted by Gasteiger charge is -2.12. The number of thioether (sulfide) groups is 1. The van der Waals surface area contributed by atoms with Crippen molar-refractivity contribution in [1.29, 1.82) is 0 Å². The van der Waals surface area contributed by atoms with E-state index in [1.165, 1.54) is 11.8 Å². The number of hydrogen-bond donors (Lipinski definition) is 2. The second-order valence-electron chi connectivity index (χ2n) is 6.37. The van der Waals surface area contributed by atoms with Crippen LogP contribution in [0.4, 0.5) is 11.4 Å². The molecule has 2 N–H and O–H groups in total. The van der Waals surface area contributed by atoms with Crippen LogP contribution in [-0.2, 0) is 9.59 Å². The molecule has 1 aliphatic heterocycles. The van der Waals surface area contributed by atoms with Crippen LogP contribution in [0.15, 0.2) is 47.5 Å². The summed E-state index contributed by atoms with van der Waals surface area (Å²) >= 11 is 1.29. The zero-order valence-corrected chi connectivity index (χ0v) is 15.8. The third-order valence-electron chi connectivity index (χ3n) is 4.16. The fraction of sp³-hybridized carbons (Fsp3) is 0.250. The second-order valence-corrected chi connectivity index (χ2v) is 7.56. The molecule has 0 unspecified atom stereocenters. The number of rotatable bonds is 4. The summed E-state index contributed by atoms with van der Waals surface area (Å²) in [6.07, 6.45) is 0.108. The molecule has 1 fully saturated rings. The lowest BCUT2D eigenvalue weighted by molar-refractivity contribution is -0.122. The van der Waals surface area contributed by atoms with Crippen LogP contribution in [0.25, 0.3) is 0 Å². The Morgan fingerprint density at radius 1 is 1.12 bits per heavy atom. The Morgan fingerprint density at radius 2 is 1.77 bits per heavy atom. The Balaban J connectivity index is 1.64. The van der Waals surface area contributed by atoms with Gasteiger partial charge in [0.15, 0.2) is 5.17 Å². The largest absolute Gasteiger partial charge is 0.326 e. The van der Waals surface area contributed by atoms with Crippen molar-refractivity contribution >= 4 is 40.1 Å². The van der Waals surface area contributed by atoms with Gasteiger partial charge in [-0.25, -0.2) is 4.99 Å². The summed E-state index contributed by atoms with van der Waals surface area (Å²) < 4.78 is 0. The minimum atomic E-state index is -0.469. The molecule has 0 spiro atoms. The highest BCUT2D eigenvalue weighted by atomic mass is 32.2. The van der Waals surface area contributed by atoms with Crippen molar-refractivity contribution in [2.24, 2.45) is 4.99 Å². The van der Waals surface area contributed by atoms with Crippen molar-refractivity contribution < 1.29 is 9.59 Å². The zero-order chi connectivity index (χ0) is 18.7. The van der Waals surface area contributed by atoms with Crippen molar-refractivity contribution in [3.63, 3.8) is 0 Å². The van der Waals surface area contributed by atoms with E-state index in [1.807, 2.05) is 63.2 Å². The molecule has 26 heavy (non-hydrogen) atoms. The Hall–Kier alpha value is -2.60. The van der Waals surface area contributed by atoms with Gasteiger partial charge in [0, 0.05) is 12.1 Å². The summed E-state index contributed by atoms with van der Waals surface area (Å²) in [5.74, 6) is -0.357. The van der Waals surface area contributed by atoms with Crippen LogP contribution in [0.5, 0.6) is 0 Å². The molecular formula is C20H21N3O2S. The first-order chi connectivity index (χ1) is 12.4. The lowest BCUT2D eigenvalue weighted by atomic mass is 10.1. The molecule has 0 bridgehead atoms. The first-order valence-corrected chi connectivity index (χ1v) is 9.29. The molecule has 0 saturated carbocycles. The van der Waals surface area contributed by atoms with E-state index in [0.29, 0.717) is 5.17 Å². The number of para-hydroxylation sites is 1. The molecule has 2 aromatic carbocycles. The second kappa shape index (κ2) is 7.74. The molecule has 134 valence electrons. The van der Waals surface area contributed by atoms with Gasteiger partial charge in [-0.2, -0.15) is 0 Å². The van der Waals surface area contributed by atoms with Gasteiger partial charge in [0.2, 0.25) is 11.8 Å². The van der Waals surface area contributed by atoms with E-state index in [-0.39, 0.29) is 18.2 Å². The standard InChI is InChI=1S/C20H21N3O2S/c1-12-7-9-15(10-8-12)21-20-23-19(25)16(26-20)11-17(24)22-18-13(2)5-4-6-14(18)3/h4-10,16H,11H2,1-3H3,(H,22,24)(H,21,23,25)/t16-/m0/s1. The fourth-order valence-corrected chi connectivity index (χ4v) is 3.69. The smallest absolute Gasteiger partial charge is 0.240 e. The van der Waals surface area contributed by atoms with Crippen LogP contribution in [0.2, 0.25) is 0 Å². The zero-order valence-electron chi connectivity index (χ0n) is 15.0. The van der Waals surface area contributed by atoms with Gasteiger partial charge < -0.3 is 10.6 Å². The summed E-state index contributed by atoms with van der Waals surface area (Å²) in [6.45, 7) is 5.91. The van der Waals surface area contributed by atoms with Crippen molar-refractivity contribution in [2.45, 2.75) is 32.4 Å². The monoisotopic (exact) mass is 367 g/mol. The predicted octanol–water partition coefficient (Wildman–Crippen LogP) is 3.86. The molecule has 1 atom stereocenters. The normalized spacial score (nSPS) is 18.0. The van der Waals surface area contributed by atoms with Gasteiger partial charge in [-0.3, -0.25) is 9.59 Å². The Morgan fingerprint density at radius 3 is 2.42 bits per heavy atom. The number of carbonyl (C=O) groups excluding carboxylic acids is 2. The summed E-state index contributed by atoms with van der Waals surface area (Å²) in [7, 11) is 0. The third-order valence-corrected chi connectivity index (χ3v) is 5.24. The van der Waals surface area contributed by atoms with E-state index < -0.39 is 5.25 Å². The van der Waals surface area contributed by atoms with Gasteiger partial charge in [0.05, 0.1) is 5.69 Å². The van der Waals surface area contributed by atoms with E-state index in [9.17, 15) is 9.59 Å². The van der Waals surface area contributed by atoms with E-state index >= 15 is 0 Å². The highest BCUT2D eigenvalue weighted by molar-refractivity contribution is 8.15. The molecule has 0 aromatic heterocycles. The fourth-order valence-electron chi connectivity index (χ4n) is 2.70. The van der Waals surface area contributed by atoms with Crippen LogP contribution in [0, 0.1) is 20.8 Å². The lowest BCUT2D eigenvalue weighted by Crippen LogP contribution is -2.28. The van der Waals surface area contributed by atoms with Crippen LogP contribution in [0.3, 0.4) is 0 Å². The number of benzene rings is 2. The number of aryl methyl sites for hydroxylation is 3. The molecule has 1 saturated heterocycles. The quantitative estimate of drug-likeness (QED) is 0.862. The number of hydrogen-bond acceptors (Lipinski definition) is 4. The third kappa shape index (κ3) is 4.32. The van der Waals surface area contributed by atoms with E-state index in [1.54, 1.807) is 0 Å². The average molecular weight is 367 g/mol. The maximum Gasteiger partial charge on any atom is 0.240 e. The Kier molecular flexibility index (Phi) is 5.42. The average Bonchev–Trinajstić information content (AvgIpc) is 2.92. The molecular weight excluding hydrogens is 346 g/mol. The van der Waals surface area contributed by atoms with Gasteiger partial charge in [-0.1, -0.05) is 47.7 Å². The number of amidine groups is 1. The van der Waals surface area contributed by atoms with E-state index in [0.717, 1.165) is 28.1 Å². The minimum absolute atomic E-state index is 0.108. The first kappa shape index (κ1) is 18.2. The molecule has 1 heterocycles. The summed E-state index contributed by atoms with van der Waals surface area (Å²) in [4.78, 5) is 29.0. The molecule has 0 radical (unpaired) electrons. The van der Waals surface area contributed by atoms with Crippen LogP contribution in [-0.4, -0.2) is 22.2 Å². The van der Waals surface area contributed by atoms with Gasteiger partial charge in [-0.05, 0) is 44.0 Å². The van der Waals surface area contributed by atoms with E-state index in [2.05, 4.69) is 15.6 Å². The van der Waals surface area contributed by atoms with Crippen molar-refractivity contribution in [2.75, 3.05) is 5.32 Å². The van der Waals surface area contributed by atoms with Crippen LogP contribution >= 0.6 is 11.8 Å². The van der Waals surface area contributed by atoms with Gasteiger partial charge in [0.25, 0.3) is 0 Å². The first-order valence-electron chi connectivity index (χ1n) is 8.41. The minimum Gasteiger partial charge on any atom is -0.326 e. The topological polar surface area (TPSA) is 70.6 Å². The molecule has 2 amide bonds. The molecule has 3 rings (SSSR count). The van der Waals surface area contributed by atoms with Crippen LogP contribution < -0.4 is 10.6 Å². The van der Waals surface area contributed by atoms with Gasteiger partial charge in [-0.15, -0.1) is 0 Å². The highest BCUT2D eigenvalue weighted by Crippen LogP contribution is 2.26. The predicted molar refractivity (Wildman–Crippen MR) is 107 cm³/mol. The Bertz CT molecular complexity index is 855. The summed E-state index contributed by atoms with van der Waals surface area (Å²) in [5.41, 5.74) is 4.75. The van der Waals surface area contributed by atoms with E-state index in [4.69, 9.17) is 0 Å². The SMILES string of the molecule is Cc1ccc(N=C2NC(=O)[C@H](CC(=O)Nc3c(C)cccc3C)S2)cc1. The maximum atomic E-state index is 12.4. The number of aliphatic imine (C=N–C) groups is 1. The molecule has 6 heteroatoms. The summed E-state index contributed by atoms with van der Waals surface area (Å²) in [5, 5.41) is 5.74. The van der Waals surface area contributed by atoms with Crippen LogP contribution in [0.1, 0.15) is 23.1 Å². The number of nitrogens with zero attached hydrogens (tertiary/aromatic N) is 1. The van der Waals surface area contributed by atoms with Crippen molar-refractivity contribution in [3.8, 4) is 0 Å². The van der Waals surface area contributed by atoms with Crippen molar-refractivity contribution in [3.05, 3.63) is 59.2 Å². The number of anilines is 1. The molecule has 0 aliphatic carbocycles. The maximum absolute atomic E-state index is 12.4. The van der Waals surface area contributed by atoms with Gasteiger partial charge >= 0.3 is 0 Å². The number of amides is 2. The van der Waals surface area contributed by atoms with Gasteiger partial charge in [0.1, 0.15) is 5.25 Å². The van der Waals surface area contributed by atoms with Crippen molar-refractivity contribution in [1.82, 2.24) is 5.32 Å². The number of carbonyl (C=O) groups is 2.